The lowest BCUT2D eigenvalue weighted by molar-refractivity contribution is 0.0842. The van der Waals surface area contributed by atoms with E-state index in [-0.39, 0.29) is 24.8 Å². The topological polar surface area (TPSA) is 112 Å². The summed E-state index contributed by atoms with van der Waals surface area (Å²) in [7, 11) is 0. The molecule has 0 aliphatic carbocycles. The molecule has 3 aromatic rings. The zero-order chi connectivity index (χ0) is 20.8. The first-order valence-corrected chi connectivity index (χ1v) is 9.67. The molecule has 0 spiro atoms. The molecule has 1 aromatic carbocycles. The van der Waals surface area contributed by atoms with Gasteiger partial charge in [0.1, 0.15) is 35.7 Å². The van der Waals surface area contributed by atoms with Gasteiger partial charge in [-0.25, -0.2) is 13.9 Å². The Morgan fingerprint density at radius 1 is 1.23 bits per heavy atom. The van der Waals surface area contributed by atoms with Crippen molar-refractivity contribution >= 4 is 17.4 Å². The van der Waals surface area contributed by atoms with Crippen molar-refractivity contribution in [2.75, 3.05) is 24.6 Å². The number of halogens is 1. The van der Waals surface area contributed by atoms with E-state index in [2.05, 4.69) is 15.4 Å². The predicted molar refractivity (Wildman–Crippen MR) is 104 cm³/mol. The Balaban J connectivity index is 1.67. The van der Waals surface area contributed by atoms with Crippen molar-refractivity contribution in [3.8, 4) is 5.75 Å². The maximum atomic E-state index is 14.1. The van der Waals surface area contributed by atoms with Gasteiger partial charge in [-0.3, -0.25) is 4.79 Å². The van der Waals surface area contributed by atoms with Crippen molar-refractivity contribution in [3.63, 3.8) is 0 Å². The second-order valence-electron chi connectivity index (χ2n) is 7.53. The van der Waals surface area contributed by atoms with E-state index in [9.17, 15) is 19.4 Å². The molecule has 9 nitrogen and oxygen atoms in total. The lowest BCUT2D eigenvalue weighted by Gasteiger charge is -2.28. The van der Waals surface area contributed by atoms with Crippen LogP contribution in [0.3, 0.4) is 0 Å². The van der Waals surface area contributed by atoms with Crippen molar-refractivity contribution in [2.24, 2.45) is 0 Å². The largest absolute Gasteiger partial charge is 0.490 e. The highest BCUT2D eigenvalue weighted by atomic mass is 19.1. The number of aliphatic hydroxyl groups excluding tert-OH is 2. The first-order valence-electron chi connectivity index (χ1n) is 9.67. The minimum absolute atomic E-state index is 0.0271. The fourth-order valence-corrected chi connectivity index (χ4v) is 4.00. The van der Waals surface area contributed by atoms with E-state index in [0.717, 1.165) is 0 Å². The highest BCUT2D eigenvalue weighted by molar-refractivity contribution is 5.99. The number of carbonyl (C=O) groups excluding carboxylic acids is 1. The van der Waals surface area contributed by atoms with Gasteiger partial charge in [0.15, 0.2) is 5.65 Å². The highest BCUT2D eigenvalue weighted by Crippen LogP contribution is 2.40. The minimum Gasteiger partial charge on any atom is -0.490 e. The molecule has 0 saturated carbocycles. The van der Waals surface area contributed by atoms with Crippen LogP contribution in [0.25, 0.3) is 5.65 Å². The Morgan fingerprint density at radius 2 is 2.10 bits per heavy atom. The molecule has 1 amide bonds. The number of anilines is 1. The van der Waals surface area contributed by atoms with E-state index in [1.165, 1.54) is 28.9 Å². The van der Waals surface area contributed by atoms with E-state index >= 15 is 0 Å². The quantitative estimate of drug-likeness (QED) is 0.496. The van der Waals surface area contributed by atoms with E-state index in [0.29, 0.717) is 35.7 Å². The van der Waals surface area contributed by atoms with Crippen LogP contribution in [0.2, 0.25) is 0 Å². The van der Waals surface area contributed by atoms with Gasteiger partial charge in [-0.1, -0.05) is 0 Å². The van der Waals surface area contributed by atoms with E-state index < -0.39 is 23.9 Å². The number of aliphatic hydroxyl groups is 2. The first kappa shape index (κ1) is 18.8. The van der Waals surface area contributed by atoms with Gasteiger partial charge in [0.25, 0.3) is 5.91 Å². The van der Waals surface area contributed by atoms with Gasteiger partial charge in [-0.05, 0) is 30.7 Å². The lowest BCUT2D eigenvalue weighted by Crippen LogP contribution is -2.35. The lowest BCUT2D eigenvalue weighted by atomic mass is 10.0. The number of hydrogen-bond acceptors (Lipinski definition) is 7. The number of hydrogen-bond donors (Lipinski definition) is 3. The van der Waals surface area contributed by atoms with Gasteiger partial charge in [-0.2, -0.15) is 5.10 Å². The second kappa shape index (κ2) is 7.22. The number of ether oxygens (including phenoxy) is 1. The summed E-state index contributed by atoms with van der Waals surface area (Å²) < 4.78 is 21.4. The van der Waals surface area contributed by atoms with Crippen LogP contribution in [0.5, 0.6) is 5.75 Å². The van der Waals surface area contributed by atoms with Gasteiger partial charge in [0.05, 0.1) is 18.3 Å². The summed E-state index contributed by atoms with van der Waals surface area (Å²) >= 11 is 0. The summed E-state index contributed by atoms with van der Waals surface area (Å²) in [4.78, 5) is 19.0. The van der Waals surface area contributed by atoms with Crippen LogP contribution in [0.4, 0.5) is 10.2 Å². The van der Waals surface area contributed by atoms with Crippen LogP contribution in [0, 0.1) is 5.82 Å². The average molecular weight is 413 g/mol. The molecule has 3 atom stereocenters. The van der Waals surface area contributed by atoms with Gasteiger partial charge in [-0.15, -0.1) is 0 Å². The predicted octanol–water partition coefficient (Wildman–Crippen LogP) is 0.664. The Bertz CT molecular complexity index is 1120. The van der Waals surface area contributed by atoms with E-state index in [1.807, 2.05) is 4.90 Å². The summed E-state index contributed by atoms with van der Waals surface area (Å²) in [5.74, 6) is 0.111. The Kier molecular flexibility index (Phi) is 4.52. The molecule has 2 aromatic heterocycles. The molecule has 2 aliphatic heterocycles. The molecule has 3 N–H and O–H groups in total. The molecule has 2 aliphatic rings. The fourth-order valence-electron chi connectivity index (χ4n) is 4.00. The zero-order valence-corrected chi connectivity index (χ0v) is 15.9. The van der Waals surface area contributed by atoms with Gasteiger partial charge < -0.3 is 25.2 Å². The molecule has 1 unspecified atom stereocenters. The van der Waals surface area contributed by atoms with Gasteiger partial charge >= 0.3 is 0 Å². The third kappa shape index (κ3) is 3.23. The third-order valence-electron chi connectivity index (χ3n) is 5.43. The van der Waals surface area contributed by atoms with Crippen LogP contribution in [0.1, 0.15) is 28.4 Å². The summed E-state index contributed by atoms with van der Waals surface area (Å²) in [6.07, 6.45) is 1.85. The molecule has 4 heterocycles. The number of carbonyl (C=O) groups is 1. The summed E-state index contributed by atoms with van der Waals surface area (Å²) in [5, 5.41) is 27.4. The summed E-state index contributed by atoms with van der Waals surface area (Å²) in [6.45, 7) is 0.184. The Labute approximate surface area is 170 Å². The first-order chi connectivity index (χ1) is 14.5. The van der Waals surface area contributed by atoms with Crippen LogP contribution >= 0.6 is 0 Å². The average Bonchev–Trinajstić information content (AvgIpc) is 3.33. The fraction of sp³-hybridized carbons (Fsp3) is 0.350. The number of β-amino-alcohol motifs (C(OH)–C–C–N with tert-alkyl or cyclic N) is 1. The molecule has 1 fully saturated rings. The van der Waals surface area contributed by atoms with Gasteiger partial charge in [0, 0.05) is 24.8 Å². The Hall–Kier alpha value is -3.24. The number of aromatic nitrogens is 3. The molecule has 156 valence electrons. The molecule has 10 heteroatoms. The number of rotatable bonds is 0. The zero-order valence-electron chi connectivity index (χ0n) is 15.9. The van der Waals surface area contributed by atoms with Crippen LogP contribution < -0.4 is 15.0 Å². The molecule has 30 heavy (non-hydrogen) atoms. The molecular weight excluding hydrogens is 393 g/mol. The van der Waals surface area contributed by atoms with Gasteiger partial charge in [0.2, 0.25) is 0 Å². The second-order valence-corrected chi connectivity index (χ2v) is 7.53. The van der Waals surface area contributed by atoms with Crippen LogP contribution in [0.15, 0.2) is 36.7 Å². The van der Waals surface area contributed by atoms with Crippen LogP contribution in [-0.2, 0) is 0 Å². The molecule has 5 rings (SSSR count). The monoisotopic (exact) mass is 413 g/mol. The van der Waals surface area contributed by atoms with Crippen molar-refractivity contribution < 1.29 is 24.1 Å². The molecule has 0 radical (unpaired) electrons. The normalized spacial score (nSPS) is 24.2. The third-order valence-corrected chi connectivity index (χ3v) is 5.43. The molecule has 2 bridgehead atoms. The van der Waals surface area contributed by atoms with E-state index in [1.54, 1.807) is 12.3 Å². The highest BCUT2D eigenvalue weighted by Gasteiger charge is 2.35. The van der Waals surface area contributed by atoms with Crippen molar-refractivity contribution in [3.05, 3.63) is 53.6 Å². The van der Waals surface area contributed by atoms with E-state index in [4.69, 9.17) is 4.74 Å². The molecular formula is C20H20FN5O4. The van der Waals surface area contributed by atoms with Crippen molar-refractivity contribution in [1.82, 2.24) is 19.9 Å². The van der Waals surface area contributed by atoms with Crippen molar-refractivity contribution in [1.29, 1.82) is 0 Å². The number of nitrogens with zero attached hydrogens (tertiary/aromatic N) is 4. The Morgan fingerprint density at radius 3 is 2.97 bits per heavy atom. The summed E-state index contributed by atoms with van der Waals surface area (Å²) in [5.41, 5.74) is 1.19. The van der Waals surface area contributed by atoms with Crippen LogP contribution in [-0.4, -0.2) is 62.6 Å². The molecule has 1 saturated heterocycles. The number of amides is 1. The van der Waals surface area contributed by atoms with Crippen molar-refractivity contribution in [2.45, 2.75) is 24.7 Å². The SMILES string of the molecule is O=C1NC[C@@H](O)COc2ccc(F)cc2[C@@H]2CC(O)CN2c2ccn3ncc1c3n2. The number of nitrogens with one attached hydrogen (secondary N) is 1. The number of benzene rings is 1. The smallest absolute Gasteiger partial charge is 0.256 e. The standard InChI is InChI=1S/C20H20FN5O4/c21-11-1-2-17-14(5-11)16-6-12(27)9-25(16)18-3-4-26-19(24-18)15(8-23-26)20(29)22-7-13(28)10-30-17/h1-5,8,12-13,16,27-28H,6-7,9-10H2,(H,22,29)/t12?,13-,16+/m1/s1. The maximum Gasteiger partial charge on any atom is 0.256 e. The minimum atomic E-state index is -0.967. The summed E-state index contributed by atoms with van der Waals surface area (Å²) in [6, 6.07) is 5.53. The number of fused-ring (bicyclic) bond motifs is 5. The maximum absolute atomic E-state index is 14.1.